The van der Waals surface area contributed by atoms with Gasteiger partial charge in [-0.15, -0.1) is 11.3 Å². The number of anilines is 1. The Balaban J connectivity index is 1.49. The van der Waals surface area contributed by atoms with Gasteiger partial charge in [0.05, 0.1) is 16.8 Å². The summed E-state index contributed by atoms with van der Waals surface area (Å²) in [6.07, 6.45) is 7.52. The topological polar surface area (TPSA) is 53.7 Å². The van der Waals surface area contributed by atoms with Crippen LogP contribution in [0.15, 0.2) is 23.7 Å². The molecule has 3 aromatic heterocycles. The molecule has 2 aliphatic heterocycles. The summed E-state index contributed by atoms with van der Waals surface area (Å²) in [5.74, 6) is 1.07. The predicted molar refractivity (Wildman–Crippen MR) is 116 cm³/mol. The third kappa shape index (κ3) is 3.40. The van der Waals surface area contributed by atoms with Crippen molar-refractivity contribution in [2.75, 3.05) is 24.5 Å². The number of amides is 1. The van der Waals surface area contributed by atoms with Crippen molar-refractivity contribution in [2.24, 2.45) is 0 Å². The molecule has 5 rings (SSSR count). The number of nitrogens with zero attached hydrogens (tertiary/aromatic N) is 5. The highest BCUT2D eigenvalue weighted by Gasteiger charge is 2.32. The van der Waals surface area contributed by atoms with Crippen LogP contribution in [-0.2, 0) is 0 Å². The van der Waals surface area contributed by atoms with Gasteiger partial charge < -0.3 is 9.80 Å². The maximum absolute atomic E-state index is 13.2. The van der Waals surface area contributed by atoms with Gasteiger partial charge in [0.2, 0.25) is 0 Å². The van der Waals surface area contributed by atoms with Gasteiger partial charge >= 0.3 is 0 Å². The second kappa shape index (κ2) is 7.61. The fraction of sp³-hybridized carbons (Fsp3) is 0.476. The van der Waals surface area contributed by atoms with Crippen LogP contribution in [-0.4, -0.2) is 45.0 Å². The maximum atomic E-state index is 13.2. The number of hydrogen-bond donors (Lipinski definition) is 0. The van der Waals surface area contributed by atoms with E-state index < -0.39 is 0 Å². The van der Waals surface area contributed by atoms with Crippen molar-refractivity contribution < 1.29 is 4.79 Å². The third-order valence-corrected chi connectivity index (χ3v) is 7.28. The molecule has 0 aliphatic carbocycles. The fourth-order valence-electron chi connectivity index (χ4n) is 4.49. The average molecular weight is 430 g/mol. The smallest absolute Gasteiger partial charge is 0.266 e. The number of thiophene rings is 1. The summed E-state index contributed by atoms with van der Waals surface area (Å²) in [7, 11) is 0. The lowest BCUT2D eigenvalue weighted by atomic mass is 9.99. The average Bonchev–Trinajstić information content (AvgIpc) is 3.47. The molecule has 0 spiro atoms. The summed E-state index contributed by atoms with van der Waals surface area (Å²) in [6, 6.07) is 3.80. The molecule has 29 heavy (non-hydrogen) atoms. The molecular weight excluding hydrogens is 406 g/mol. The predicted octanol–water partition coefficient (Wildman–Crippen LogP) is 4.72. The quantitative estimate of drug-likeness (QED) is 0.604. The molecule has 2 aliphatic rings. The Morgan fingerprint density at radius 2 is 2.00 bits per heavy atom. The van der Waals surface area contributed by atoms with E-state index in [1.54, 1.807) is 6.07 Å². The number of halogens is 1. The number of carbonyl (C=O) groups is 1. The number of rotatable bonds is 3. The molecular formula is C21H24ClN5OS. The zero-order valence-corrected chi connectivity index (χ0v) is 18.0. The van der Waals surface area contributed by atoms with E-state index in [1.165, 1.54) is 24.2 Å². The molecule has 6 nitrogen and oxygen atoms in total. The molecule has 152 valence electrons. The molecule has 2 saturated heterocycles. The number of likely N-dealkylation sites (tertiary alicyclic amines) is 1. The van der Waals surface area contributed by atoms with Gasteiger partial charge in [-0.05, 0) is 50.5 Å². The summed E-state index contributed by atoms with van der Waals surface area (Å²) in [4.78, 5) is 23.0. The Labute approximate surface area is 179 Å². The minimum absolute atomic E-state index is 0.00801. The first-order chi connectivity index (χ1) is 14.1. The lowest BCUT2D eigenvalue weighted by molar-refractivity contribution is 0.0611. The summed E-state index contributed by atoms with van der Waals surface area (Å²) in [5, 5.41) is 7.21. The van der Waals surface area contributed by atoms with Crippen LogP contribution in [0.25, 0.3) is 5.65 Å². The van der Waals surface area contributed by atoms with Crippen molar-refractivity contribution in [1.29, 1.82) is 0 Å². The van der Waals surface area contributed by atoms with Gasteiger partial charge in [0.25, 0.3) is 5.91 Å². The number of aromatic nitrogens is 3. The van der Waals surface area contributed by atoms with Gasteiger partial charge in [-0.1, -0.05) is 11.6 Å². The third-order valence-electron chi connectivity index (χ3n) is 5.95. The first kappa shape index (κ1) is 18.9. The van der Waals surface area contributed by atoms with Crippen molar-refractivity contribution >= 4 is 40.3 Å². The van der Waals surface area contributed by atoms with Gasteiger partial charge in [-0.2, -0.15) is 5.10 Å². The number of hydrogen-bond acceptors (Lipinski definition) is 5. The summed E-state index contributed by atoms with van der Waals surface area (Å²) in [5.41, 5.74) is 2.90. The van der Waals surface area contributed by atoms with E-state index in [4.69, 9.17) is 21.7 Å². The molecule has 2 fully saturated rings. The largest absolute Gasteiger partial charge is 0.356 e. The van der Waals surface area contributed by atoms with Crippen LogP contribution < -0.4 is 4.90 Å². The van der Waals surface area contributed by atoms with E-state index in [1.807, 2.05) is 20.9 Å². The van der Waals surface area contributed by atoms with Crippen LogP contribution in [0.5, 0.6) is 0 Å². The zero-order valence-electron chi connectivity index (χ0n) is 16.5. The normalized spacial score (nSPS) is 20.0. The van der Waals surface area contributed by atoms with E-state index in [0.29, 0.717) is 9.90 Å². The Morgan fingerprint density at radius 1 is 1.21 bits per heavy atom. The van der Waals surface area contributed by atoms with Crippen LogP contribution in [0.4, 0.5) is 5.82 Å². The van der Waals surface area contributed by atoms with Crippen molar-refractivity contribution in [1.82, 2.24) is 19.5 Å². The second-order valence-corrected chi connectivity index (χ2v) is 9.24. The van der Waals surface area contributed by atoms with E-state index >= 15 is 0 Å². The van der Waals surface area contributed by atoms with Crippen molar-refractivity contribution in [3.05, 3.63) is 44.9 Å². The molecule has 5 heterocycles. The molecule has 8 heteroatoms. The van der Waals surface area contributed by atoms with E-state index in [2.05, 4.69) is 18.0 Å². The van der Waals surface area contributed by atoms with E-state index in [-0.39, 0.29) is 11.9 Å². The van der Waals surface area contributed by atoms with Gasteiger partial charge in [0, 0.05) is 37.5 Å². The van der Waals surface area contributed by atoms with Crippen molar-refractivity contribution in [3.8, 4) is 0 Å². The first-order valence-electron chi connectivity index (χ1n) is 10.3. The number of fused-ring (bicyclic) bond motifs is 1. The molecule has 0 radical (unpaired) electrons. The highest BCUT2D eigenvalue weighted by Crippen LogP contribution is 2.34. The molecule has 3 aromatic rings. The standard InChI is InChI=1S/C21H24ClN5OS/c1-14-13-27-18(23-20(14)25-8-4-5-9-25)12-16(24-27)17-6-2-3-10-26(17)21(28)19-15(22)7-11-29-19/h7,11-13,17H,2-6,8-10H2,1H3. The maximum Gasteiger partial charge on any atom is 0.266 e. The van der Waals surface area contributed by atoms with Crippen LogP contribution in [0.3, 0.4) is 0 Å². The van der Waals surface area contributed by atoms with E-state index in [0.717, 1.165) is 61.6 Å². The highest BCUT2D eigenvalue weighted by molar-refractivity contribution is 7.12. The van der Waals surface area contributed by atoms with Gasteiger partial charge in [0.15, 0.2) is 5.65 Å². The highest BCUT2D eigenvalue weighted by atomic mass is 35.5. The molecule has 0 saturated carbocycles. The van der Waals surface area contributed by atoms with Crippen molar-refractivity contribution in [3.63, 3.8) is 0 Å². The molecule has 0 bridgehead atoms. The zero-order chi connectivity index (χ0) is 20.0. The molecule has 1 unspecified atom stereocenters. The second-order valence-electron chi connectivity index (χ2n) is 7.92. The van der Waals surface area contributed by atoms with Crippen LogP contribution >= 0.6 is 22.9 Å². The monoisotopic (exact) mass is 429 g/mol. The molecule has 1 amide bonds. The van der Waals surface area contributed by atoms with Crippen LogP contribution in [0.1, 0.15) is 59.1 Å². The number of piperidine rings is 1. The summed E-state index contributed by atoms with van der Waals surface area (Å²) >= 11 is 7.64. The summed E-state index contributed by atoms with van der Waals surface area (Å²) < 4.78 is 1.86. The molecule has 0 N–H and O–H groups in total. The lowest BCUT2D eigenvalue weighted by Crippen LogP contribution is -2.38. The summed E-state index contributed by atoms with van der Waals surface area (Å²) in [6.45, 7) is 4.96. The Kier molecular flexibility index (Phi) is 4.95. The first-order valence-corrected chi connectivity index (χ1v) is 11.5. The Morgan fingerprint density at radius 3 is 2.76 bits per heavy atom. The molecule has 0 aromatic carbocycles. The van der Waals surface area contributed by atoms with Crippen LogP contribution in [0, 0.1) is 6.92 Å². The van der Waals surface area contributed by atoms with Crippen LogP contribution in [0.2, 0.25) is 5.02 Å². The minimum atomic E-state index is -0.0355. The lowest BCUT2D eigenvalue weighted by Gasteiger charge is -2.34. The van der Waals surface area contributed by atoms with Gasteiger partial charge in [-0.25, -0.2) is 9.50 Å². The van der Waals surface area contributed by atoms with E-state index in [9.17, 15) is 4.79 Å². The number of carbonyl (C=O) groups excluding carboxylic acids is 1. The Bertz CT molecular complexity index is 1050. The van der Waals surface area contributed by atoms with Gasteiger partial charge in [-0.3, -0.25) is 4.79 Å². The SMILES string of the molecule is Cc1cn2nc(C3CCCCN3C(=O)c3sccc3Cl)cc2nc1N1CCCC1. The number of aryl methyl sites for hydroxylation is 1. The Hall–Kier alpha value is -2.12. The molecule has 1 atom stereocenters. The minimum Gasteiger partial charge on any atom is -0.356 e. The van der Waals surface area contributed by atoms with Gasteiger partial charge in [0.1, 0.15) is 10.7 Å². The van der Waals surface area contributed by atoms with Crippen molar-refractivity contribution in [2.45, 2.75) is 45.1 Å². The fourth-order valence-corrected chi connectivity index (χ4v) is 5.58.